The second kappa shape index (κ2) is 5.13. The minimum Gasteiger partial charge on any atom is -0.388 e. The van der Waals surface area contributed by atoms with Gasteiger partial charge in [0.15, 0.2) is 0 Å². The van der Waals surface area contributed by atoms with Crippen molar-refractivity contribution in [2.45, 2.75) is 25.9 Å². The molecule has 0 amide bonds. The van der Waals surface area contributed by atoms with Gasteiger partial charge in [0.2, 0.25) is 0 Å². The number of benzene rings is 1. The van der Waals surface area contributed by atoms with Crippen molar-refractivity contribution in [1.29, 1.82) is 0 Å². The Balaban J connectivity index is 2.65. The van der Waals surface area contributed by atoms with Crippen LogP contribution in [0.25, 0.3) is 0 Å². The van der Waals surface area contributed by atoms with Gasteiger partial charge in [0.1, 0.15) is 5.78 Å². The van der Waals surface area contributed by atoms with Gasteiger partial charge < -0.3 is 5.11 Å². The van der Waals surface area contributed by atoms with Crippen LogP contribution in [0.15, 0.2) is 24.3 Å². The Kier molecular flexibility index (Phi) is 4.11. The van der Waals surface area contributed by atoms with Crippen LogP contribution < -0.4 is 0 Å². The number of hydrogen-bond acceptors (Lipinski definition) is 2. The lowest BCUT2D eigenvalue weighted by molar-refractivity contribution is -0.120. The van der Waals surface area contributed by atoms with Crippen LogP contribution in [0.5, 0.6) is 0 Å². The molecule has 0 fully saturated rings. The summed E-state index contributed by atoms with van der Waals surface area (Å²) in [6.45, 7) is 1.79. The Morgan fingerprint density at radius 3 is 2.50 bits per heavy atom. The molecule has 1 atom stereocenters. The number of halogens is 1. The zero-order valence-electron chi connectivity index (χ0n) is 8.03. The molecule has 76 valence electrons. The molecule has 0 aliphatic heterocycles. The molecule has 0 unspecified atom stereocenters. The predicted octanol–water partition coefficient (Wildman–Crippen LogP) is 2.74. The van der Waals surface area contributed by atoms with E-state index in [0.717, 1.165) is 5.56 Å². The topological polar surface area (TPSA) is 37.3 Å². The highest BCUT2D eigenvalue weighted by atomic mass is 35.5. The fourth-order valence-corrected chi connectivity index (χ4v) is 1.29. The van der Waals surface area contributed by atoms with Gasteiger partial charge in [-0.05, 0) is 17.7 Å². The molecule has 0 saturated carbocycles. The van der Waals surface area contributed by atoms with Gasteiger partial charge in [0.25, 0.3) is 0 Å². The van der Waals surface area contributed by atoms with E-state index in [0.29, 0.717) is 11.4 Å². The molecule has 0 radical (unpaired) electrons. The maximum atomic E-state index is 11.1. The zero-order chi connectivity index (χ0) is 10.6. The molecule has 1 aromatic rings. The van der Waals surface area contributed by atoms with Gasteiger partial charge in [-0.3, -0.25) is 4.79 Å². The van der Waals surface area contributed by atoms with E-state index in [1.165, 1.54) is 0 Å². The summed E-state index contributed by atoms with van der Waals surface area (Å²) in [5.41, 5.74) is 0.733. The predicted molar refractivity (Wildman–Crippen MR) is 56.3 cm³/mol. The molecule has 0 bridgehead atoms. The molecular weight excluding hydrogens is 200 g/mol. The molecular formula is C11H13ClO2. The second-order valence-electron chi connectivity index (χ2n) is 3.16. The number of carbonyl (C=O) groups excluding carboxylic acids is 1. The van der Waals surface area contributed by atoms with Crippen molar-refractivity contribution in [3.05, 3.63) is 34.9 Å². The van der Waals surface area contributed by atoms with Crippen LogP contribution in [0, 0.1) is 0 Å². The van der Waals surface area contributed by atoms with Crippen molar-refractivity contribution >= 4 is 17.4 Å². The summed E-state index contributed by atoms with van der Waals surface area (Å²) in [5.74, 6) is 0.0625. The molecule has 1 rings (SSSR count). The number of aliphatic hydroxyl groups is 1. The van der Waals surface area contributed by atoms with E-state index in [1.807, 2.05) is 0 Å². The first-order valence-corrected chi connectivity index (χ1v) is 4.96. The van der Waals surface area contributed by atoms with Gasteiger partial charge in [-0.15, -0.1) is 0 Å². The van der Waals surface area contributed by atoms with Crippen LogP contribution in [-0.4, -0.2) is 10.9 Å². The van der Waals surface area contributed by atoms with Gasteiger partial charge in [0.05, 0.1) is 6.10 Å². The smallest absolute Gasteiger partial charge is 0.135 e. The summed E-state index contributed by atoms with van der Waals surface area (Å²) in [5, 5.41) is 10.3. The molecule has 0 aliphatic rings. The van der Waals surface area contributed by atoms with Crippen LogP contribution in [0.4, 0.5) is 0 Å². The van der Waals surface area contributed by atoms with E-state index >= 15 is 0 Å². The minimum absolute atomic E-state index is 0.0625. The highest BCUT2D eigenvalue weighted by molar-refractivity contribution is 6.30. The number of Topliss-reactive ketones (excluding diaryl/α,β-unsaturated/α-hetero) is 1. The third-order valence-corrected chi connectivity index (χ3v) is 2.32. The Morgan fingerprint density at radius 2 is 2.00 bits per heavy atom. The molecule has 1 N–H and O–H groups in total. The van der Waals surface area contributed by atoms with Crippen molar-refractivity contribution < 1.29 is 9.90 Å². The van der Waals surface area contributed by atoms with Crippen molar-refractivity contribution in [3.8, 4) is 0 Å². The third kappa shape index (κ3) is 3.13. The SMILES string of the molecule is CCC(=O)C[C@@H](O)c1ccc(Cl)cc1. The summed E-state index contributed by atoms with van der Waals surface area (Å²) in [6, 6.07) is 6.87. The molecule has 0 heterocycles. The fraction of sp³-hybridized carbons (Fsp3) is 0.364. The number of rotatable bonds is 4. The largest absolute Gasteiger partial charge is 0.388 e. The average Bonchev–Trinajstić information content (AvgIpc) is 2.18. The Labute approximate surface area is 88.5 Å². The summed E-state index contributed by atoms with van der Waals surface area (Å²) in [6.07, 6.45) is -0.0669. The van der Waals surface area contributed by atoms with Crippen LogP contribution in [-0.2, 0) is 4.79 Å². The Hall–Kier alpha value is -0.860. The molecule has 0 saturated heterocycles. The number of ketones is 1. The lowest BCUT2D eigenvalue weighted by atomic mass is 10.0. The quantitative estimate of drug-likeness (QED) is 0.834. The van der Waals surface area contributed by atoms with Crippen molar-refractivity contribution in [2.75, 3.05) is 0 Å². The third-order valence-electron chi connectivity index (χ3n) is 2.07. The summed E-state index contributed by atoms with van der Waals surface area (Å²) in [4.78, 5) is 11.1. The standard InChI is InChI=1S/C11H13ClO2/c1-2-10(13)7-11(14)8-3-5-9(12)6-4-8/h3-6,11,14H,2,7H2,1H3/t11-/m1/s1. The first-order valence-electron chi connectivity index (χ1n) is 4.58. The summed E-state index contributed by atoms with van der Waals surface area (Å²) in [7, 11) is 0. The lowest BCUT2D eigenvalue weighted by Crippen LogP contribution is -2.05. The van der Waals surface area contributed by atoms with Crippen molar-refractivity contribution in [2.24, 2.45) is 0 Å². The van der Waals surface area contributed by atoms with Gasteiger partial charge in [0, 0.05) is 17.9 Å². The first kappa shape index (κ1) is 11.2. The summed E-state index contributed by atoms with van der Waals surface area (Å²) < 4.78 is 0. The van der Waals surface area contributed by atoms with E-state index in [9.17, 15) is 9.90 Å². The summed E-state index contributed by atoms with van der Waals surface area (Å²) >= 11 is 5.70. The highest BCUT2D eigenvalue weighted by Crippen LogP contribution is 2.19. The van der Waals surface area contributed by atoms with E-state index in [4.69, 9.17) is 11.6 Å². The maximum absolute atomic E-state index is 11.1. The normalized spacial score (nSPS) is 12.5. The van der Waals surface area contributed by atoms with Gasteiger partial charge >= 0.3 is 0 Å². The van der Waals surface area contributed by atoms with E-state index < -0.39 is 6.10 Å². The van der Waals surface area contributed by atoms with E-state index in [-0.39, 0.29) is 12.2 Å². The van der Waals surface area contributed by atoms with Gasteiger partial charge in [-0.2, -0.15) is 0 Å². The van der Waals surface area contributed by atoms with Crippen molar-refractivity contribution in [3.63, 3.8) is 0 Å². The van der Waals surface area contributed by atoms with Crippen LogP contribution in [0.2, 0.25) is 5.02 Å². The molecule has 1 aromatic carbocycles. The number of hydrogen-bond donors (Lipinski definition) is 1. The Bertz CT molecular complexity index is 306. The first-order chi connectivity index (χ1) is 6.63. The fourth-order valence-electron chi connectivity index (χ4n) is 1.16. The highest BCUT2D eigenvalue weighted by Gasteiger charge is 2.11. The number of aliphatic hydroxyl groups excluding tert-OH is 1. The van der Waals surface area contributed by atoms with Crippen LogP contribution in [0.3, 0.4) is 0 Å². The monoisotopic (exact) mass is 212 g/mol. The van der Waals surface area contributed by atoms with Gasteiger partial charge in [-0.1, -0.05) is 30.7 Å². The molecule has 3 heteroatoms. The van der Waals surface area contributed by atoms with Crippen molar-refractivity contribution in [1.82, 2.24) is 0 Å². The molecule has 0 aliphatic carbocycles. The van der Waals surface area contributed by atoms with Crippen LogP contribution >= 0.6 is 11.6 Å². The average molecular weight is 213 g/mol. The Morgan fingerprint density at radius 1 is 1.43 bits per heavy atom. The minimum atomic E-state index is -0.709. The maximum Gasteiger partial charge on any atom is 0.135 e. The molecule has 2 nitrogen and oxygen atoms in total. The van der Waals surface area contributed by atoms with E-state index in [2.05, 4.69) is 0 Å². The zero-order valence-corrected chi connectivity index (χ0v) is 8.79. The molecule has 14 heavy (non-hydrogen) atoms. The van der Waals surface area contributed by atoms with Crippen LogP contribution in [0.1, 0.15) is 31.4 Å². The lowest BCUT2D eigenvalue weighted by Gasteiger charge is -2.09. The van der Waals surface area contributed by atoms with E-state index in [1.54, 1.807) is 31.2 Å². The van der Waals surface area contributed by atoms with Gasteiger partial charge in [-0.25, -0.2) is 0 Å². The second-order valence-corrected chi connectivity index (χ2v) is 3.60. The molecule has 0 spiro atoms. The molecule has 0 aromatic heterocycles. The number of carbonyl (C=O) groups is 1.